The lowest BCUT2D eigenvalue weighted by atomic mass is 10.2. The van der Waals surface area contributed by atoms with Crippen molar-refractivity contribution in [3.8, 4) is 17.5 Å². The molecular formula is C15H16FN5O. The van der Waals surface area contributed by atoms with E-state index in [1.165, 1.54) is 12.1 Å². The van der Waals surface area contributed by atoms with E-state index in [-0.39, 0.29) is 11.5 Å². The van der Waals surface area contributed by atoms with Gasteiger partial charge in [0.1, 0.15) is 11.9 Å². The van der Waals surface area contributed by atoms with Crippen molar-refractivity contribution in [2.24, 2.45) is 0 Å². The van der Waals surface area contributed by atoms with E-state index in [2.05, 4.69) is 22.4 Å². The minimum Gasteiger partial charge on any atom is -0.418 e. The van der Waals surface area contributed by atoms with Crippen molar-refractivity contribution in [1.82, 2.24) is 14.9 Å². The number of halogens is 1. The summed E-state index contributed by atoms with van der Waals surface area (Å²) < 4.78 is 18.6. The van der Waals surface area contributed by atoms with Crippen LogP contribution in [0.3, 0.4) is 0 Å². The van der Waals surface area contributed by atoms with Crippen molar-refractivity contribution in [2.75, 3.05) is 38.7 Å². The number of oxazole rings is 1. The molecule has 0 saturated carbocycles. The molecule has 1 aliphatic heterocycles. The topological polar surface area (TPSA) is 68.3 Å². The van der Waals surface area contributed by atoms with Gasteiger partial charge in [-0.05, 0) is 31.3 Å². The van der Waals surface area contributed by atoms with Crippen molar-refractivity contribution < 1.29 is 8.81 Å². The molecule has 6 nitrogen and oxygen atoms in total. The molecule has 1 aromatic carbocycles. The van der Waals surface area contributed by atoms with Crippen LogP contribution < -0.4 is 5.43 Å². The summed E-state index contributed by atoms with van der Waals surface area (Å²) in [6.07, 6.45) is 0. The predicted octanol–water partition coefficient (Wildman–Crippen LogP) is 1.93. The number of anilines is 1. The molecule has 2 aromatic rings. The number of hydrogen-bond acceptors (Lipinski definition) is 6. The Morgan fingerprint density at radius 2 is 1.91 bits per heavy atom. The largest absolute Gasteiger partial charge is 0.418 e. The summed E-state index contributed by atoms with van der Waals surface area (Å²) >= 11 is 0. The van der Waals surface area contributed by atoms with Crippen molar-refractivity contribution in [2.45, 2.75) is 0 Å². The average molecular weight is 301 g/mol. The summed E-state index contributed by atoms with van der Waals surface area (Å²) in [4.78, 5) is 6.39. The molecular weight excluding hydrogens is 285 g/mol. The van der Waals surface area contributed by atoms with Gasteiger partial charge in [-0.3, -0.25) is 5.43 Å². The second kappa shape index (κ2) is 6.13. The number of hydrazine groups is 1. The molecule has 0 spiro atoms. The van der Waals surface area contributed by atoms with E-state index in [0.29, 0.717) is 17.3 Å². The van der Waals surface area contributed by atoms with Crippen LogP contribution in [0.4, 0.5) is 10.3 Å². The molecule has 1 saturated heterocycles. The Balaban J connectivity index is 1.80. The minimum atomic E-state index is -0.327. The first kappa shape index (κ1) is 14.5. The number of nitrogens with one attached hydrogen (secondary N) is 1. The highest BCUT2D eigenvalue weighted by Crippen LogP contribution is 2.26. The summed E-state index contributed by atoms with van der Waals surface area (Å²) in [6.45, 7) is 3.53. The van der Waals surface area contributed by atoms with Gasteiger partial charge in [0.05, 0.1) is 0 Å². The molecule has 3 rings (SSSR count). The third-order valence-electron chi connectivity index (χ3n) is 3.59. The lowest BCUT2D eigenvalue weighted by Crippen LogP contribution is -2.46. The number of benzene rings is 1. The summed E-state index contributed by atoms with van der Waals surface area (Å²) in [5, 5.41) is 11.2. The second-order valence-electron chi connectivity index (χ2n) is 5.22. The van der Waals surface area contributed by atoms with Crippen molar-refractivity contribution in [3.63, 3.8) is 0 Å². The lowest BCUT2D eigenvalue weighted by molar-refractivity contribution is 0.176. The Morgan fingerprint density at radius 3 is 2.55 bits per heavy atom. The van der Waals surface area contributed by atoms with Crippen molar-refractivity contribution in [1.29, 1.82) is 5.26 Å². The predicted molar refractivity (Wildman–Crippen MR) is 79.3 cm³/mol. The molecule has 0 aliphatic carbocycles. The zero-order valence-electron chi connectivity index (χ0n) is 12.2. The van der Waals surface area contributed by atoms with Gasteiger partial charge in [0, 0.05) is 31.7 Å². The monoisotopic (exact) mass is 301 g/mol. The molecule has 7 heteroatoms. The first-order chi connectivity index (χ1) is 10.7. The Morgan fingerprint density at radius 1 is 1.23 bits per heavy atom. The Hall–Kier alpha value is -2.43. The fourth-order valence-corrected chi connectivity index (χ4v) is 2.25. The molecule has 1 aromatic heterocycles. The van der Waals surface area contributed by atoms with Gasteiger partial charge in [0.15, 0.2) is 0 Å². The first-order valence-corrected chi connectivity index (χ1v) is 7.03. The molecule has 0 bridgehead atoms. The Labute approximate surface area is 127 Å². The van der Waals surface area contributed by atoms with Crippen LogP contribution in [-0.4, -0.2) is 48.1 Å². The van der Waals surface area contributed by atoms with Crippen LogP contribution in [0.15, 0.2) is 28.7 Å². The molecule has 22 heavy (non-hydrogen) atoms. The molecule has 0 amide bonds. The van der Waals surface area contributed by atoms with Crippen LogP contribution in [0, 0.1) is 17.1 Å². The molecule has 114 valence electrons. The van der Waals surface area contributed by atoms with E-state index < -0.39 is 0 Å². The van der Waals surface area contributed by atoms with Crippen LogP contribution >= 0.6 is 0 Å². The maximum Gasteiger partial charge on any atom is 0.246 e. The lowest BCUT2D eigenvalue weighted by Gasteiger charge is -2.32. The summed E-state index contributed by atoms with van der Waals surface area (Å²) in [7, 11) is 2.07. The SMILES string of the molecule is CN1CCN(Nc2oc(-c3ccc(F)cc3)nc2C#N)CC1. The molecule has 0 unspecified atom stereocenters. The van der Waals surface area contributed by atoms with Gasteiger partial charge in [0.2, 0.25) is 17.5 Å². The zero-order chi connectivity index (χ0) is 15.5. The number of piperazine rings is 1. The fourth-order valence-electron chi connectivity index (χ4n) is 2.25. The smallest absolute Gasteiger partial charge is 0.246 e. The maximum absolute atomic E-state index is 13.0. The van der Waals surface area contributed by atoms with Gasteiger partial charge >= 0.3 is 0 Å². The Kier molecular flexibility index (Phi) is 4.04. The van der Waals surface area contributed by atoms with Crippen molar-refractivity contribution >= 4 is 5.88 Å². The number of rotatable bonds is 3. The summed E-state index contributed by atoms with van der Waals surface area (Å²) in [5.74, 6) is 0.297. The standard InChI is InChI=1S/C15H16FN5O/c1-20-6-8-21(9-7-20)19-15-13(10-17)18-14(22-15)11-2-4-12(16)5-3-11/h2-5,19H,6-9H2,1H3. The molecule has 1 aliphatic rings. The number of nitriles is 1. The van der Waals surface area contributed by atoms with Gasteiger partial charge in [-0.25, -0.2) is 9.40 Å². The Bertz CT molecular complexity index is 683. The van der Waals surface area contributed by atoms with Gasteiger partial charge in [-0.2, -0.15) is 10.2 Å². The number of likely N-dealkylation sites (N-methyl/N-ethyl adjacent to an activating group) is 1. The van der Waals surface area contributed by atoms with Gasteiger partial charge in [0.25, 0.3) is 0 Å². The van der Waals surface area contributed by atoms with E-state index in [1.807, 2.05) is 11.1 Å². The third-order valence-corrected chi connectivity index (χ3v) is 3.59. The van der Waals surface area contributed by atoms with E-state index in [0.717, 1.165) is 26.2 Å². The summed E-state index contributed by atoms with van der Waals surface area (Å²) in [6, 6.07) is 7.82. The molecule has 0 radical (unpaired) electrons. The number of hydrogen-bond donors (Lipinski definition) is 1. The minimum absolute atomic E-state index is 0.193. The third kappa shape index (κ3) is 3.08. The van der Waals surface area contributed by atoms with Gasteiger partial charge in [-0.15, -0.1) is 0 Å². The van der Waals surface area contributed by atoms with Crippen LogP contribution in [0.1, 0.15) is 5.69 Å². The summed E-state index contributed by atoms with van der Waals surface area (Å²) in [5.41, 5.74) is 3.93. The highest BCUT2D eigenvalue weighted by atomic mass is 19.1. The molecule has 1 fully saturated rings. The van der Waals surface area contributed by atoms with Gasteiger partial charge in [-0.1, -0.05) is 0 Å². The van der Waals surface area contributed by atoms with E-state index >= 15 is 0 Å². The van der Waals surface area contributed by atoms with Crippen LogP contribution in [0.5, 0.6) is 0 Å². The van der Waals surface area contributed by atoms with E-state index in [4.69, 9.17) is 4.42 Å². The van der Waals surface area contributed by atoms with Crippen molar-refractivity contribution in [3.05, 3.63) is 35.8 Å². The van der Waals surface area contributed by atoms with Crippen LogP contribution in [-0.2, 0) is 0 Å². The van der Waals surface area contributed by atoms with Crippen LogP contribution in [0.2, 0.25) is 0 Å². The van der Waals surface area contributed by atoms with Gasteiger partial charge < -0.3 is 9.32 Å². The van der Waals surface area contributed by atoms with E-state index in [1.54, 1.807) is 12.1 Å². The second-order valence-corrected chi connectivity index (χ2v) is 5.22. The highest BCUT2D eigenvalue weighted by Gasteiger charge is 2.19. The molecule has 1 N–H and O–H groups in total. The quantitative estimate of drug-likeness (QED) is 0.934. The maximum atomic E-state index is 13.0. The molecule has 0 atom stereocenters. The van der Waals surface area contributed by atoms with Crippen LogP contribution in [0.25, 0.3) is 11.5 Å². The average Bonchev–Trinajstić information content (AvgIpc) is 2.93. The first-order valence-electron chi connectivity index (χ1n) is 7.03. The number of nitrogens with zero attached hydrogens (tertiary/aromatic N) is 4. The zero-order valence-corrected chi connectivity index (χ0v) is 12.2. The van der Waals surface area contributed by atoms with E-state index in [9.17, 15) is 9.65 Å². The number of aromatic nitrogens is 1. The normalized spacial score (nSPS) is 16.4. The fraction of sp³-hybridized carbons (Fsp3) is 0.333. The highest BCUT2D eigenvalue weighted by molar-refractivity contribution is 5.58. The molecule has 2 heterocycles.